The fourth-order valence-electron chi connectivity index (χ4n) is 1.25. The Labute approximate surface area is 67.4 Å². The van der Waals surface area contributed by atoms with Crippen molar-refractivity contribution in [3.8, 4) is 0 Å². The van der Waals surface area contributed by atoms with Crippen LogP contribution in [0.4, 0.5) is 0 Å². The lowest BCUT2D eigenvalue weighted by Crippen LogP contribution is -2.44. The van der Waals surface area contributed by atoms with E-state index in [1.54, 1.807) is 0 Å². The minimum absolute atomic E-state index is 0.648. The summed E-state index contributed by atoms with van der Waals surface area (Å²) in [4.78, 5) is 2.31. The van der Waals surface area contributed by atoms with Gasteiger partial charge in [0, 0.05) is 32.7 Å². The molecule has 0 aliphatic carbocycles. The number of hydrogen-bond acceptors (Lipinski definition) is 4. The van der Waals surface area contributed by atoms with Crippen molar-refractivity contribution in [1.82, 2.24) is 10.2 Å². The Kier molecular flexibility index (Phi) is 3.79. The van der Waals surface area contributed by atoms with Crippen LogP contribution < -0.4 is 11.1 Å². The molecule has 1 aliphatic heterocycles. The van der Waals surface area contributed by atoms with Gasteiger partial charge in [0.1, 0.15) is 6.23 Å². The number of piperazine rings is 1. The standard InChI is InChI=1S/C7H17N3O/c8-7(11)1-4-10-5-2-9-3-6-10/h7,9,11H,1-6,8H2. The third-order valence-electron chi connectivity index (χ3n) is 1.95. The van der Waals surface area contributed by atoms with Crippen LogP contribution in [0.15, 0.2) is 0 Å². The third kappa shape index (κ3) is 3.67. The van der Waals surface area contributed by atoms with Crippen molar-refractivity contribution in [3.05, 3.63) is 0 Å². The maximum atomic E-state index is 8.82. The van der Waals surface area contributed by atoms with Crippen molar-refractivity contribution < 1.29 is 5.11 Å². The molecular weight excluding hydrogens is 142 g/mol. The predicted molar refractivity (Wildman–Crippen MR) is 44.1 cm³/mol. The molecule has 0 aromatic heterocycles. The molecule has 11 heavy (non-hydrogen) atoms. The van der Waals surface area contributed by atoms with Gasteiger partial charge >= 0.3 is 0 Å². The summed E-state index contributed by atoms with van der Waals surface area (Å²) >= 11 is 0. The van der Waals surface area contributed by atoms with Crippen LogP contribution in [0.2, 0.25) is 0 Å². The Morgan fingerprint density at radius 2 is 2.09 bits per heavy atom. The second-order valence-electron chi connectivity index (χ2n) is 2.95. The zero-order chi connectivity index (χ0) is 8.10. The minimum Gasteiger partial charge on any atom is -0.379 e. The van der Waals surface area contributed by atoms with Gasteiger partial charge in [-0.05, 0) is 6.42 Å². The van der Waals surface area contributed by atoms with Gasteiger partial charge in [0.25, 0.3) is 0 Å². The number of aliphatic hydroxyl groups excluding tert-OH is 1. The van der Waals surface area contributed by atoms with E-state index < -0.39 is 6.23 Å². The largest absolute Gasteiger partial charge is 0.379 e. The van der Waals surface area contributed by atoms with Crippen LogP contribution in [0.3, 0.4) is 0 Å². The number of nitrogens with two attached hydrogens (primary N) is 1. The van der Waals surface area contributed by atoms with Crippen molar-refractivity contribution in [2.75, 3.05) is 32.7 Å². The Bertz CT molecular complexity index is 102. The molecule has 1 aliphatic rings. The smallest absolute Gasteiger partial charge is 0.103 e. The van der Waals surface area contributed by atoms with E-state index in [2.05, 4.69) is 10.2 Å². The fourth-order valence-corrected chi connectivity index (χ4v) is 1.25. The maximum absolute atomic E-state index is 8.82. The average Bonchev–Trinajstić information content (AvgIpc) is 2.03. The number of rotatable bonds is 3. The summed E-state index contributed by atoms with van der Waals surface area (Å²) in [7, 11) is 0. The SMILES string of the molecule is NC(O)CCN1CCNCC1. The second-order valence-corrected chi connectivity index (χ2v) is 2.95. The van der Waals surface area contributed by atoms with E-state index in [4.69, 9.17) is 10.8 Å². The van der Waals surface area contributed by atoms with Gasteiger partial charge < -0.3 is 21.1 Å². The Hall–Kier alpha value is -0.160. The monoisotopic (exact) mass is 159 g/mol. The summed E-state index contributed by atoms with van der Waals surface area (Å²) in [6, 6.07) is 0. The van der Waals surface area contributed by atoms with E-state index in [1.807, 2.05) is 0 Å². The van der Waals surface area contributed by atoms with Crippen LogP contribution in [0, 0.1) is 0 Å². The van der Waals surface area contributed by atoms with Crippen LogP contribution in [-0.2, 0) is 0 Å². The minimum atomic E-state index is -0.648. The fraction of sp³-hybridized carbons (Fsp3) is 1.00. The van der Waals surface area contributed by atoms with Gasteiger partial charge in [-0.15, -0.1) is 0 Å². The molecule has 1 atom stereocenters. The molecule has 0 amide bonds. The summed E-state index contributed by atoms with van der Waals surface area (Å²) in [6.45, 7) is 5.18. The lowest BCUT2D eigenvalue weighted by Gasteiger charge is -2.27. The molecule has 0 radical (unpaired) electrons. The molecule has 0 spiro atoms. The molecule has 4 heteroatoms. The van der Waals surface area contributed by atoms with Gasteiger partial charge in [0.2, 0.25) is 0 Å². The summed E-state index contributed by atoms with van der Waals surface area (Å²) < 4.78 is 0. The molecule has 0 aromatic carbocycles. The highest BCUT2D eigenvalue weighted by molar-refractivity contribution is 4.67. The molecule has 0 aromatic rings. The molecule has 0 bridgehead atoms. The second kappa shape index (κ2) is 4.66. The normalized spacial score (nSPS) is 23.5. The summed E-state index contributed by atoms with van der Waals surface area (Å²) in [6.07, 6.45) is 0.0323. The van der Waals surface area contributed by atoms with Crippen LogP contribution >= 0.6 is 0 Å². The molecule has 4 nitrogen and oxygen atoms in total. The first-order chi connectivity index (χ1) is 5.29. The molecule has 1 saturated heterocycles. The van der Waals surface area contributed by atoms with Crippen molar-refractivity contribution in [3.63, 3.8) is 0 Å². The lowest BCUT2D eigenvalue weighted by atomic mass is 10.3. The van der Waals surface area contributed by atoms with Gasteiger partial charge in [-0.1, -0.05) is 0 Å². The highest BCUT2D eigenvalue weighted by atomic mass is 16.3. The topological polar surface area (TPSA) is 61.5 Å². The van der Waals surface area contributed by atoms with Crippen LogP contribution in [-0.4, -0.2) is 49.0 Å². The summed E-state index contributed by atoms with van der Waals surface area (Å²) in [5.41, 5.74) is 5.22. The van der Waals surface area contributed by atoms with E-state index in [9.17, 15) is 0 Å². The Morgan fingerprint density at radius 3 is 2.64 bits per heavy atom. The van der Waals surface area contributed by atoms with Crippen LogP contribution in [0.25, 0.3) is 0 Å². The third-order valence-corrected chi connectivity index (χ3v) is 1.95. The van der Waals surface area contributed by atoms with Crippen molar-refractivity contribution >= 4 is 0 Å². The van der Waals surface area contributed by atoms with Crippen molar-refractivity contribution in [2.45, 2.75) is 12.6 Å². The van der Waals surface area contributed by atoms with E-state index in [0.29, 0.717) is 6.42 Å². The van der Waals surface area contributed by atoms with Gasteiger partial charge in [0.15, 0.2) is 0 Å². The van der Waals surface area contributed by atoms with Gasteiger partial charge in [-0.2, -0.15) is 0 Å². The van der Waals surface area contributed by atoms with E-state index in [1.165, 1.54) is 0 Å². The Balaban J connectivity index is 2.05. The lowest BCUT2D eigenvalue weighted by molar-refractivity contribution is 0.141. The highest BCUT2D eigenvalue weighted by Crippen LogP contribution is 1.94. The number of nitrogens with one attached hydrogen (secondary N) is 1. The maximum Gasteiger partial charge on any atom is 0.103 e. The first-order valence-electron chi connectivity index (χ1n) is 4.16. The Morgan fingerprint density at radius 1 is 1.45 bits per heavy atom. The molecule has 1 unspecified atom stereocenters. The van der Waals surface area contributed by atoms with E-state index in [0.717, 1.165) is 32.7 Å². The van der Waals surface area contributed by atoms with Gasteiger partial charge in [-0.25, -0.2) is 0 Å². The summed E-state index contributed by atoms with van der Waals surface area (Å²) in [5, 5.41) is 12.1. The molecule has 4 N–H and O–H groups in total. The summed E-state index contributed by atoms with van der Waals surface area (Å²) in [5.74, 6) is 0. The molecule has 1 fully saturated rings. The van der Waals surface area contributed by atoms with Crippen LogP contribution in [0.5, 0.6) is 0 Å². The van der Waals surface area contributed by atoms with Gasteiger partial charge in [0.05, 0.1) is 0 Å². The molecular formula is C7H17N3O. The first kappa shape index (κ1) is 8.93. The quantitative estimate of drug-likeness (QED) is 0.441. The highest BCUT2D eigenvalue weighted by Gasteiger charge is 2.09. The van der Waals surface area contributed by atoms with Crippen molar-refractivity contribution in [1.29, 1.82) is 0 Å². The van der Waals surface area contributed by atoms with Crippen LogP contribution in [0.1, 0.15) is 6.42 Å². The molecule has 1 heterocycles. The zero-order valence-electron chi connectivity index (χ0n) is 6.79. The van der Waals surface area contributed by atoms with E-state index >= 15 is 0 Å². The molecule has 1 rings (SSSR count). The molecule has 0 saturated carbocycles. The number of hydrogen-bond donors (Lipinski definition) is 3. The van der Waals surface area contributed by atoms with Gasteiger partial charge in [-0.3, -0.25) is 0 Å². The van der Waals surface area contributed by atoms with E-state index in [-0.39, 0.29) is 0 Å². The predicted octanol–water partition coefficient (Wildman–Crippen LogP) is -1.44. The zero-order valence-corrected chi connectivity index (χ0v) is 6.79. The van der Waals surface area contributed by atoms with Crippen molar-refractivity contribution in [2.24, 2.45) is 5.73 Å². The number of aliphatic hydroxyl groups is 1. The average molecular weight is 159 g/mol. The molecule has 66 valence electrons. The first-order valence-corrected chi connectivity index (χ1v) is 4.16. The number of nitrogens with zero attached hydrogens (tertiary/aromatic N) is 1.